The van der Waals surface area contributed by atoms with Crippen LogP contribution in [-0.2, 0) is 16.8 Å². The zero-order valence-corrected chi connectivity index (χ0v) is 16.2. The van der Waals surface area contributed by atoms with Gasteiger partial charge in [0.1, 0.15) is 4.88 Å². The van der Waals surface area contributed by atoms with E-state index in [0.29, 0.717) is 18.0 Å². The van der Waals surface area contributed by atoms with E-state index in [0.717, 1.165) is 36.1 Å². The van der Waals surface area contributed by atoms with Crippen molar-refractivity contribution in [1.29, 1.82) is 0 Å². The molecule has 2 N–H and O–H groups in total. The summed E-state index contributed by atoms with van der Waals surface area (Å²) >= 11 is 1.18. The van der Waals surface area contributed by atoms with E-state index in [2.05, 4.69) is 5.32 Å². The third-order valence-corrected chi connectivity index (χ3v) is 6.20. The molecule has 1 aliphatic carbocycles. The lowest BCUT2D eigenvalue weighted by molar-refractivity contribution is -0.126. The number of hydrogen-bond donors (Lipinski definition) is 2. The van der Waals surface area contributed by atoms with E-state index < -0.39 is 11.4 Å². The van der Waals surface area contributed by atoms with Crippen LogP contribution in [0.1, 0.15) is 45.8 Å². The lowest BCUT2D eigenvalue weighted by Gasteiger charge is -2.29. The molecular weight excluding hydrogens is 366 g/mol. The highest BCUT2D eigenvalue weighted by atomic mass is 32.1. The Morgan fingerprint density at radius 3 is 2.41 bits per heavy atom. The molecule has 0 atom stereocenters. The maximum absolute atomic E-state index is 13.1. The van der Waals surface area contributed by atoms with Crippen LogP contribution in [0.15, 0.2) is 30.3 Å². The lowest BCUT2D eigenvalue weighted by Crippen LogP contribution is -2.42. The Bertz CT molecular complexity index is 839. The van der Waals surface area contributed by atoms with Gasteiger partial charge in [0.05, 0.1) is 26.2 Å². The highest BCUT2D eigenvalue weighted by Crippen LogP contribution is 2.44. The number of methoxy groups -OCH3 is 2. The zero-order valence-electron chi connectivity index (χ0n) is 15.4. The molecule has 1 aromatic carbocycles. The van der Waals surface area contributed by atoms with Gasteiger partial charge >= 0.3 is 5.97 Å². The molecule has 0 unspecified atom stereocenters. The number of carboxylic acids is 1. The van der Waals surface area contributed by atoms with Crippen LogP contribution in [0.25, 0.3) is 0 Å². The highest BCUT2D eigenvalue weighted by Gasteiger charge is 2.43. The Morgan fingerprint density at radius 1 is 1.11 bits per heavy atom. The van der Waals surface area contributed by atoms with E-state index in [-0.39, 0.29) is 10.8 Å². The van der Waals surface area contributed by atoms with Gasteiger partial charge in [0, 0.05) is 4.88 Å². The maximum Gasteiger partial charge on any atom is 0.345 e. The van der Waals surface area contributed by atoms with Gasteiger partial charge in [-0.2, -0.15) is 0 Å². The van der Waals surface area contributed by atoms with Gasteiger partial charge in [-0.05, 0) is 42.7 Å². The van der Waals surface area contributed by atoms with E-state index in [1.54, 1.807) is 26.4 Å². The Hall–Kier alpha value is -2.54. The van der Waals surface area contributed by atoms with Crippen LogP contribution in [-0.4, -0.2) is 31.2 Å². The minimum absolute atomic E-state index is 0.0301. The van der Waals surface area contributed by atoms with Crippen molar-refractivity contribution in [3.05, 3.63) is 45.6 Å². The molecule has 6 nitrogen and oxygen atoms in total. The first kappa shape index (κ1) is 19.2. The van der Waals surface area contributed by atoms with Gasteiger partial charge in [-0.15, -0.1) is 11.3 Å². The number of ether oxygens (including phenoxy) is 2. The third-order valence-electron chi connectivity index (χ3n) is 5.12. The Labute approximate surface area is 162 Å². The molecule has 1 saturated carbocycles. The monoisotopic (exact) mass is 389 g/mol. The zero-order chi connectivity index (χ0) is 19.4. The van der Waals surface area contributed by atoms with Crippen molar-refractivity contribution in [2.75, 3.05) is 14.2 Å². The molecule has 1 amide bonds. The van der Waals surface area contributed by atoms with Crippen LogP contribution in [0.2, 0.25) is 0 Å². The highest BCUT2D eigenvalue weighted by molar-refractivity contribution is 7.13. The quantitative estimate of drug-likeness (QED) is 0.756. The van der Waals surface area contributed by atoms with E-state index in [9.17, 15) is 9.59 Å². The topological polar surface area (TPSA) is 84.9 Å². The average molecular weight is 389 g/mol. The van der Waals surface area contributed by atoms with Crippen LogP contribution >= 0.6 is 11.3 Å². The van der Waals surface area contributed by atoms with Crippen molar-refractivity contribution in [3.8, 4) is 11.5 Å². The normalized spacial score (nSPS) is 15.3. The lowest BCUT2D eigenvalue weighted by atomic mass is 9.77. The largest absolute Gasteiger partial charge is 0.493 e. The van der Waals surface area contributed by atoms with E-state index in [1.165, 1.54) is 11.3 Å². The van der Waals surface area contributed by atoms with Crippen molar-refractivity contribution < 1.29 is 24.2 Å². The Morgan fingerprint density at radius 2 is 1.81 bits per heavy atom. The van der Waals surface area contributed by atoms with Crippen molar-refractivity contribution in [2.45, 2.75) is 37.6 Å². The summed E-state index contributed by atoms with van der Waals surface area (Å²) in [6.07, 6.45) is 3.53. The SMILES string of the molecule is COc1ccc(C2(C(=O)NCc3ccc(C(=O)O)s3)CCCC2)cc1OC. The maximum atomic E-state index is 13.1. The van der Waals surface area contributed by atoms with E-state index >= 15 is 0 Å². The van der Waals surface area contributed by atoms with Crippen LogP contribution in [0.5, 0.6) is 11.5 Å². The predicted molar refractivity (Wildman–Crippen MR) is 103 cm³/mol. The first-order chi connectivity index (χ1) is 13.0. The fourth-order valence-corrected chi connectivity index (χ4v) is 4.47. The number of aromatic carboxylic acids is 1. The number of nitrogens with one attached hydrogen (secondary N) is 1. The number of carboxylic acid groups (broad SMARTS) is 1. The van der Waals surface area contributed by atoms with Gasteiger partial charge in [0.25, 0.3) is 0 Å². The molecule has 2 aromatic rings. The standard InChI is InChI=1S/C20H23NO5S/c1-25-15-7-5-13(11-16(15)26-2)20(9-3-4-10-20)19(24)21-12-14-6-8-17(27-14)18(22)23/h5-8,11H,3-4,9-10,12H2,1-2H3,(H,21,24)(H,22,23). The summed E-state index contributed by atoms with van der Waals surface area (Å²) in [6.45, 7) is 0.325. The van der Waals surface area contributed by atoms with E-state index in [1.807, 2.05) is 18.2 Å². The molecule has 0 bridgehead atoms. The third kappa shape index (κ3) is 3.78. The van der Waals surface area contributed by atoms with Gasteiger partial charge in [-0.25, -0.2) is 4.79 Å². The number of carbonyl (C=O) groups excluding carboxylic acids is 1. The summed E-state index contributed by atoms with van der Waals surface area (Å²) in [5.41, 5.74) is 0.333. The number of benzene rings is 1. The number of thiophene rings is 1. The van der Waals surface area contributed by atoms with Crippen molar-refractivity contribution in [1.82, 2.24) is 5.32 Å². The van der Waals surface area contributed by atoms with Gasteiger partial charge in [-0.3, -0.25) is 4.79 Å². The fraction of sp³-hybridized carbons (Fsp3) is 0.400. The first-order valence-electron chi connectivity index (χ1n) is 8.83. The van der Waals surface area contributed by atoms with Gasteiger partial charge < -0.3 is 19.9 Å². The van der Waals surface area contributed by atoms with Crippen LogP contribution in [0.4, 0.5) is 0 Å². The van der Waals surface area contributed by atoms with Gasteiger partial charge in [0.15, 0.2) is 11.5 Å². The van der Waals surface area contributed by atoms with Crippen molar-refractivity contribution in [2.24, 2.45) is 0 Å². The number of hydrogen-bond acceptors (Lipinski definition) is 5. The molecule has 1 aromatic heterocycles. The molecule has 7 heteroatoms. The van der Waals surface area contributed by atoms with Gasteiger partial charge in [-0.1, -0.05) is 18.9 Å². The number of carbonyl (C=O) groups is 2. The second-order valence-corrected chi connectivity index (χ2v) is 7.78. The minimum Gasteiger partial charge on any atom is -0.493 e. The van der Waals surface area contributed by atoms with Crippen LogP contribution in [0.3, 0.4) is 0 Å². The Kier molecular flexibility index (Phi) is 5.70. The number of rotatable bonds is 7. The van der Waals surface area contributed by atoms with E-state index in [4.69, 9.17) is 14.6 Å². The predicted octanol–water partition coefficient (Wildman–Crippen LogP) is 3.59. The summed E-state index contributed by atoms with van der Waals surface area (Å²) in [6, 6.07) is 8.96. The molecule has 0 radical (unpaired) electrons. The smallest absolute Gasteiger partial charge is 0.345 e. The molecule has 0 aliphatic heterocycles. The first-order valence-corrected chi connectivity index (χ1v) is 9.64. The molecule has 1 heterocycles. The molecule has 144 valence electrons. The molecular formula is C20H23NO5S. The fourth-order valence-electron chi connectivity index (χ4n) is 3.68. The van der Waals surface area contributed by atoms with Crippen molar-refractivity contribution >= 4 is 23.2 Å². The van der Waals surface area contributed by atoms with Gasteiger partial charge in [0.2, 0.25) is 5.91 Å². The second kappa shape index (κ2) is 8.00. The molecule has 1 aliphatic rings. The molecule has 27 heavy (non-hydrogen) atoms. The summed E-state index contributed by atoms with van der Waals surface area (Å²) in [5, 5.41) is 12.0. The molecule has 1 fully saturated rings. The summed E-state index contributed by atoms with van der Waals surface area (Å²) < 4.78 is 10.7. The molecule has 3 rings (SSSR count). The summed E-state index contributed by atoms with van der Waals surface area (Å²) in [4.78, 5) is 25.2. The van der Waals surface area contributed by atoms with Crippen molar-refractivity contribution in [3.63, 3.8) is 0 Å². The average Bonchev–Trinajstić information content (AvgIpc) is 3.36. The summed E-state index contributed by atoms with van der Waals surface area (Å²) in [7, 11) is 3.17. The van der Waals surface area contributed by atoms with Crippen LogP contribution in [0, 0.1) is 0 Å². The minimum atomic E-state index is -0.949. The molecule has 0 spiro atoms. The van der Waals surface area contributed by atoms with Crippen LogP contribution < -0.4 is 14.8 Å². The number of amides is 1. The Balaban J connectivity index is 1.81. The molecule has 0 saturated heterocycles. The second-order valence-electron chi connectivity index (χ2n) is 6.61. The summed E-state index contributed by atoms with van der Waals surface area (Å²) in [5.74, 6) is 0.265.